The Morgan fingerprint density at radius 3 is 2.54 bits per heavy atom. The summed E-state index contributed by atoms with van der Waals surface area (Å²) >= 11 is 1.20. The molecule has 0 unspecified atom stereocenters. The first-order valence-electron chi connectivity index (χ1n) is 4.08. The van der Waals surface area contributed by atoms with E-state index in [1.54, 1.807) is 0 Å². The molecular weight excluding hydrogens is 186 g/mol. The Kier molecular flexibility index (Phi) is 4.67. The van der Waals surface area contributed by atoms with Crippen molar-refractivity contribution in [3.05, 3.63) is 24.3 Å². The van der Waals surface area contributed by atoms with E-state index >= 15 is 0 Å². The molecule has 0 aromatic heterocycles. The van der Waals surface area contributed by atoms with Gasteiger partial charge in [-0.05, 0) is 31.2 Å². The first-order valence-corrected chi connectivity index (χ1v) is 4.82. The summed E-state index contributed by atoms with van der Waals surface area (Å²) in [4.78, 5) is 5.49. The van der Waals surface area contributed by atoms with Gasteiger partial charge in [0.25, 0.3) is 0 Å². The number of hydrogen-bond acceptors (Lipinski definition) is 4. The summed E-state index contributed by atoms with van der Waals surface area (Å²) in [5.41, 5.74) is 1.12. The molecule has 1 N–H and O–H groups in total. The lowest BCUT2D eigenvalue weighted by atomic mass is 10.3. The Morgan fingerprint density at radius 2 is 2.00 bits per heavy atom. The van der Waals surface area contributed by atoms with Gasteiger partial charge >= 0.3 is 0 Å². The summed E-state index contributed by atoms with van der Waals surface area (Å²) in [6.45, 7) is 3.00. The summed E-state index contributed by atoms with van der Waals surface area (Å²) in [6, 6.07) is 7.96. The minimum atomic E-state index is 0.932. The van der Waals surface area contributed by atoms with Crippen LogP contribution in [0.15, 0.2) is 29.2 Å². The van der Waals surface area contributed by atoms with Crippen molar-refractivity contribution in [3.8, 4) is 0 Å². The zero-order chi connectivity index (χ0) is 9.52. The van der Waals surface area contributed by atoms with E-state index in [-0.39, 0.29) is 0 Å². The van der Waals surface area contributed by atoms with Gasteiger partial charge in [0.1, 0.15) is 0 Å². The summed E-state index contributed by atoms with van der Waals surface area (Å²) in [5.74, 6) is 0. The van der Waals surface area contributed by atoms with Crippen LogP contribution in [0.3, 0.4) is 0 Å². The van der Waals surface area contributed by atoms with Crippen molar-refractivity contribution in [1.82, 2.24) is 0 Å². The highest BCUT2D eigenvalue weighted by Gasteiger charge is 1.94. The van der Waals surface area contributed by atoms with Gasteiger partial charge in [0.2, 0.25) is 0 Å². The largest absolute Gasteiger partial charge is 0.385 e. The van der Waals surface area contributed by atoms with Crippen LogP contribution >= 0.6 is 12.0 Å². The summed E-state index contributed by atoms with van der Waals surface area (Å²) in [5, 5.41) is 3.21. The summed E-state index contributed by atoms with van der Waals surface area (Å²) in [6.07, 6.45) is 0. The molecule has 0 heterocycles. The Balaban J connectivity index is 2.48. The van der Waals surface area contributed by atoms with Crippen LogP contribution in [0.2, 0.25) is 0 Å². The van der Waals surface area contributed by atoms with Crippen molar-refractivity contribution >= 4 is 17.7 Å². The molecule has 0 atom stereocenters. The lowest BCUT2D eigenvalue weighted by Gasteiger charge is -2.03. The maximum absolute atomic E-state index is 4.72. The fraction of sp³-hybridized carbons (Fsp3) is 0.333. The van der Waals surface area contributed by atoms with Gasteiger partial charge in [-0.25, -0.2) is 4.89 Å². The van der Waals surface area contributed by atoms with E-state index in [1.165, 1.54) is 19.2 Å². The lowest BCUT2D eigenvalue weighted by Crippen LogP contribution is -1.95. The van der Waals surface area contributed by atoms with Crippen LogP contribution in [0.1, 0.15) is 6.92 Å². The molecule has 0 spiro atoms. The zero-order valence-electron chi connectivity index (χ0n) is 7.74. The van der Waals surface area contributed by atoms with Gasteiger partial charge in [-0.2, -0.15) is 4.33 Å². The highest BCUT2D eigenvalue weighted by Crippen LogP contribution is 2.20. The molecule has 0 amide bonds. The maximum atomic E-state index is 4.72. The van der Waals surface area contributed by atoms with Crippen LogP contribution in [-0.4, -0.2) is 13.7 Å². The van der Waals surface area contributed by atoms with Crippen molar-refractivity contribution in [2.75, 3.05) is 19.0 Å². The standard InChI is InChI=1S/C9H13NO2S/c1-3-10-8-4-6-9(7-5-8)13-12-11-2/h4-7,10H,3H2,1-2H3. The van der Waals surface area contributed by atoms with Gasteiger partial charge in [-0.3, -0.25) is 0 Å². The highest BCUT2D eigenvalue weighted by atomic mass is 32.2. The monoisotopic (exact) mass is 199 g/mol. The van der Waals surface area contributed by atoms with Gasteiger partial charge in [-0.15, -0.1) is 0 Å². The smallest absolute Gasteiger partial charge is 0.0725 e. The SMILES string of the molecule is CCNc1ccc(SOOC)cc1. The second-order valence-electron chi connectivity index (χ2n) is 2.37. The van der Waals surface area contributed by atoms with Gasteiger partial charge < -0.3 is 5.32 Å². The predicted octanol–water partition coefficient (Wildman–Crippen LogP) is 2.70. The molecule has 0 saturated carbocycles. The molecule has 4 heteroatoms. The second-order valence-corrected chi connectivity index (χ2v) is 3.15. The van der Waals surface area contributed by atoms with E-state index in [4.69, 9.17) is 4.33 Å². The number of benzene rings is 1. The van der Waals surface area contributed by atoms with Gasteiger partial charge in [-0.1, -0.05) is 0 Å². The minimum absolute atomic E-state index is 0.932. The number of hydrogen-bond donors (Lipinski definition) is 1. The van der Waals surface area contributed by atoms with Crippen LogP contribution in [0.25, 0.3) is 0 Å². The molecule has 1 rings (SSSR count). The van der Waals surface area contributed by atoms with Crippen molar-refractivity contribution in [3.63, 3.8) is 0 Å². The van der Waals surface area contributed by atoms with Crippen molar-refractivity contribution < 1.29 is 9.22 Å². The van der Waals surface area contributed by atoms with Crippen LogP contribution in [-0.2, 0) is 9.22 Å². The maximum Gasteiger partial charge on any atom is 0.0725 e. The topological polar surface area (TPSA) is 30.5 Å². The quantitative estimate of drug-likeness (QED) is 0.448. The molecule has 0 aliphatic heterocycles. The number of anilines is 1. The first-order chi connectivity index (χ1) is 6.36. The van der Waals surface area contributed by atoms with Crippen molar-refractivity contribution in [2.24, 2.45) is 0 Å². The molecular formula is C9H13NO2S. The second kappa shape index (κ2) is 5.85. The molecule has 0 fully saturated rings. The van der Waals surface area contributed by atoms with Crippen LogP contribution in [0.5, 0.6) is 0 Å². The molecule has 0 aliphatic rings. The molecule has 0 radical (unpaired) electrons. The molecule has 1 aromatic rings. The Morgan fingerprint density at radius 1 is 1.31 bits per heavy atom. The number of nitrogens with one attached hydrogen (secondary N) is 1. The van der Waals surface area contributed by atoms with Gasteiger partial charge in [0.15, 0.2) is 0 Å². The minimum Gasteiger partial charge on any atom is -0.385 e. The molecule has 0 aliphatic carbocycles. The van der Waals surface area contributed by atoms with Crippen LogP contribution in [0, 0.1) is 0 Å². The van der Waals surface area contributed by atoms with Crippen molar-refractivity contribution in [2.45, 2.75) is 11.8 Å². The predicted molar refractivity (Wildman–Crippen MR) is 54.6 cm³/mol. The van der Waals surface area contributed by atoms with E-state index in [1.807, 2.05) is 24.3 Å². The Labute approximate surface area is 82.6 Å². The molecule has 72 valence electrons. The third-order valence-corrected chi connectivity index (χ3v) is 2.10. The average molecular weight is 199 g/mol. The van der Waals surface area contributed by atoms with E-state index in [9.17, 15) is 0 Å². The van der Waals surface area contributed by atoms with E-state index in [2.05, 4.69) is 17.1 Å². The number of rotatable bonds is 5. The lowest BCUT2D eigenvalue weighted by molar-refractivity contribution is -0.160. The average Bonchev–Trinajstić information content (AvgIpc) is 2.17. The first kappa shape index (κ1) is 10.4. The highest BCUT2D eigenvalue weighted by molar-refractivity contribution is 7.94. The zero-order valence-corrected chi connectivity index (χ0v) is 8.56. The van der Waals surface area contributed by atoms with Gasteiger partial charge in [0, 0.05) is 17.1 Å². The molecule has 0 saturated heterocycles. The molecule has 13 heavy (non-hydrogen) atoms. The van der Waals surface area contributed by atoms with E-state index in [0.29, 0.717) is 0 Å². The summed E-state index contributed by atoms with van der Waals surface area (Å²) < 4.78 is 4.72. The fourth-order valence-corrected chi connectivity index (χ4v) is 1.30. The van der Waals surface area contributed by atoms with E-state index < -0.39 is 0 Å². The Hall–Kier alpha value is -0.710. The van der Waals surface area contributed by atoms with Crippen molar-refractivity contribution in [1.29, 1.82) is 0 Å². The van der Waals surface area contributed by atoms with Crippen LogP contribution < -0.4 is 5.32 Å². The fourth-order valence-electron chi connectivity index (χ4n) is 0.906. The normalized spacial score (nSPS) is 10.0. The molecule has 1 aromatic carbocycles. The van der Waals surface area contributed by atoms with E-state index in [0.717, 1.165) is 17.1 Å². The molecule has 0 bridgehead atoms. The van der Waals surface area contributed by atoms with Gasteiger partial charge in [0.05, 0.1) is 19.2 Å². The summed E-state index contributed by atoms with van der Waals surface area (Å²) in [7, 11) is 1.49. The third kappa shape index (κ3) is 3.67. The van der Waals surface area contributed by atoms with Crippen LogP contribution in [0.4, 0.5) is 5.69 Å². The Bertz CT molecular complexity index is 238. The molecule has 3 nitrogen and oxygen atoms in total. The third-order valence-electron chi connectivity index (χ3n) is 1.43.